The number of carbonyl (C=O) groups excluding carboxylic acids is 1. The molecule has 2 nitrogen and oxygen atoms in total. The summed E-state index contributed by atoms with van der Waals surface area (Å²) in [5, 5.41) is 0. The van der Waals surface area contributed by atoms with Crippen LogP contribution in [0.4, 0.5) is 0 Å². The van der Waals surface area contributed by atoms with Crippen molar-refractivity contribution in [2.75, 3.05) is 0 Å². The van der Waals surface area contributed by atoms with Crippen LogP contribution in [0.1, 0.15) is 34.8 Å². The molecular weight excluding hydrogens is 176 g/mol. The summed E-state index contributed by atoms with van der Waals surface area (Å²) >= 11 is 0. The van der Waals surface area contributed by atoms with E-state index < -0.39 is 0 Å². The second-order valence-corrected chi connectivity index (χ2v) is 3.26. The first kappa shape index (κ1) is 9.00. The van der Waals surface area contributed by atoms with Crippen LogP contribution in [0.5, 0.6) is 0 Å². The molecule has 0 radical (unpaired) electrons. The lowest BCUT2D eigenvalue weighted by atomic mass is 10.0. The van der Waals surface area contributed by atoms with Crippen molar-refractivity contribution in [2.24, 2.45) is 0 Å². The Morgan fingerprint density at radius 3 is 3.14 bits per heavy atom. The number of carbonyl (C=O) groups is 1. The maximum absolute atomic E-state index is 11.2. The van der Waals surface area contributed by atoms with Gasteiger partial charge in [0.15, 0.2) is 0 Å². The van der Waals surface area contributed by atoms with Gasteiger partial charge in [-0.2, -0.15) is 0 Å². The predicted molar refractivity (Wildman–Crippen MR) is 54.9 cm³/mol. The van der Waals surface area contributed by atoms with Gasteiger partial charge in [-0.3, -0.25) is 0 Å². The molecule has 0 N–H and O–H groups in total. The fourth-order valence-electron chi connectivity index (χ4n) is 1.57. The van der Waals surface area contributed by atoms with Crippen LogP contribution < -0.4 is 0 Å². The molecule has 0 spiro atoms. The van der Waals surface area contributed by atoms with Crippen molar-refractivity contribution in [3.05, 3.63) is 41.0 Å². The van der Waals surface area contributed by atoms with E-state index >= 15 is 0 Å². The number of esters is 1. The Labute approximate surface area is 83.2 Å². The summed E-state index contributed by atoms with van der Waals surface area (Å²) in [6, 6.07) is 5.71. The molecule has 0 atom stereocenters. The quantitative estimate of drug-likeness (QED) is 0.667. The summed E-state index contributed by atoms with van der Waals surface area (Å²) in [4.78, 5) is 11.2. The normalized spacial score (nSPS) is 14.5. The van der Waals surface area contributed by atoms with E-state index in [9.17, 15) is 4.79 Å². The second-order valence-electron chi connectivity index (χ2n) is 3.26. The van der Waals surface area contributed by atoms with Gasteiger partial charge in [0.2, 0.25) is 0 Å². The van der Waals surface area contributed by atoms with E-state index in [4.69, 9.17) is 4.74 Å². The minimum absolute atomic E-state index is 0.202. The number of ether oxygens (including phenoxy) is 1. The highest BCUT2D eigenvalue weighted by Gasteiger charge is 2.22. The van der Waals surface area contributed by atoms with Gasteiger partial charge in [-0.25, -0.2) is 4.79 Å². The van der Waals surface area contributed by atoms with Gasteiger partial charge in [-0.05, 0) is 18.1 Å². The number of cyclic esters (lactones) is 1. The zero-order valence-electron chi connectivity index (χ0n) is 8.12. The zero-order chi connectivity index (χ0) is 9.97. The number of rotatable bonds is 2. The minimum Gasteiger partial charge on any atom is -0.457 e. The van der Waals surface area contributed by atoms with Crippen molar-refractivity contribution in [2.45, 2.75) is 20.0 Å². The maximum Gasteiger partial charge on any atom is 0.338 e. The summed E-state index contributed by atoms with van der Waals surface area (Å²) in [5.41, 5.74) is 2.82. The largest absolute Gasteiger partial charge is 0.457 e. The number of fused-ring (bicyclic) bond motifs is 1. The topological polar surface area (TPSA) is 26.3 Å². The fourth-order valence-corrected chi connectivity index (χ4v) is 1.57. The SMILES string of the molecule is CCC=Cc1cccc2c1COC2=O. The van der Waals surface area contributed by atoms with Gasteiger partial charge < -0.3 is 4.74 Å². The number of hydrogen-bond donors (Lipinski definition) is 0. The summed E-state index contributed by atoms with van der Waals surface area (Å²) in [7, 11) is 0. The fraction of sp³-hybridized carbons (Fsp3) is 0.250. The molecule has 1 aromatic carbocycles. The summed E-state index contributed by atoms with van der Waals surface area (Å²) in [6.45, 7) is 2.50. The highest BCUT2D eigenvalue weighted by Crippen LogP contribution is 2.24. The Balaban J connectivity index is 2.44. The Hall–Kier alpha value is -1.57. The molecule has 1 heterocycles. The lowest BCUT2D eigenvalue weighted by Crippen LogP contribution is -1.93. The third kappa shape index (κ3) is 1.43. The van der Waals surface area contributed by atoms with Crippen LogP contribution >= 0.6 is 0 Å². The molecule has 2 heteroatoms. The minimum atomic E-state index is -0.202. The van der Waals surface area contributed by atoms with Crippen molar-refractivity contribution >= 4 is 12.0 Å². The van der Waals surface area contributed by atoms with Crippen LogP contribution in [0.25, 0.3) is 6.08 Å². The van der Waals surface area contributed by atoms with Gasteiger partial charge >= 0.3 is 5.97 Å². The standard InChI is InChI=1S/C12H12O2/c1-2-3-5-9-6-4-7-10-11(9)8-14-12(10)13/h3-7H,2,8H2,1H3. The van der Waals surface area contributed by atoms with E-state index in [1.54, 1.807) is 0 Å². The molecule has 0 saturated carbocycles. The van der Waals surface area contributed by atoms with E-state index in [2.05, 4.69) is 13.0 Å². The van der Waals surface area contributed by atoms with Gasteiger partial charge in [0.05, 0.1) is 5.56 Å². The molecule has 0 saturated heterocycles. The molecule has 14 heavy (non-hydrogen) atoms. The Morgan fingerprint density at radius 2 is 2.36 bits per heavy atom. The molecule has 2 rings (SSSR count). The van der Waals surface area contributed by atoms with Gasteiger partial charge in [0, 0.05) is 5.56 Å². The average molecular weight is 188 g/mol. The van der Waals surface area contributed by atoms with Gasteiger partial charge in [0.1, 0.15) is 6.61 Å². The predicted octanol–water partition coefficient (Wildman–Crippen LogP) is 2.78. The molecule has 1 aliphatic rings. The molecule has 72 valence electrons. The molecule has 0 amide bonds. The van der Waals surface area contributed by atoms with Gasteiger partial charge in [0.25, 0.3) is 0 Å². The number of hydrogen-bond acceptors (Lipinski definition) is 2. The highest BCUT2D eigenvalue weighted by atomic mass is 16.5. The van der Waals surface area contributed by atoms with Gasteiger partial charge in [-0.15, -0.1) is 0 Å². The lowest BCUT2D eigenvalue weighted by molar-refractivity contribution is 0.0535. The van der Waals surface area contributed by atoms with Crippen LogP contribution in [0, 0.1) is 0 Å². The molecule has 1 aliphatic heterocycles. The van der Waals surface area contributed by atoms with E-state index in [0.717, 1.165) is 17.5 Å². The van der Waals surface area contributed by atoms with Crippen molar-refractivity contribution in [3.8, 4) is 0 Å². The summed E-state index contributed by atoms with van der Waals surface area (Å²) < 4.78 is 4.97. The van der Waals surface area contributed by atoms with Crippen molar-refractivity contribution in [1.82, 2.24) is 0 Å². The third-order valence-electron chi connectivity index (χ3n) is 2.31. The first-order valence-corrected chi connectivity index (χ1v) is 4.78. The summed E-state index contributed by atoms with van der Waals surface area (Å²) in [6.07, 6.45) is 5.12. The van der Waals surface area contributed by atoms with Crippen LogP contribution in [-0.4, -0.2) is 5.97 Å². The Morgan fingerprint density at radius 1 is 1.50 bits per heavy atom. The Bertz CT molecular complexity index is 391. The molecule has 0 unspecified atom stereocenters. The van der Waals surface area contributed by atoms with Crippen molar-refractivity contribution < 1.29 is 9.53 Å². The average Bonchev–Trinajstić information content (AvgIpc) is 2.58. The molecule has 0 aromatic heterocycles. The highest BCUT2D eigenvalue weighted by molar-refractivity contribution is 5.94. The van der Waals surface area contributed by atoms with Crippen LogP contribution in [0.15, 0.2) is 24.3 Å². The van der Waals surface area contributed by atoms with Crippen LogP contribution in [-0.2, 0) is 11.3 Å². The summed E-state index contributed by atoms with van der Waals surface area (Å²) in [5.74, 6) is -0.202. The van der Waals surface area contributed by atoms with E-state index in [1.165, 1.54) is 0 Å². The molecule has 1 aromatic rings. The Kier molecular flexibility index (Phi) is 2.35. The molecule has 0 fully saturated rings. The van der Waals surface area contributed by atoms with Crippen molar-refractivity contribution in [1.29, 1.82) is 0 Å². The maximum atomic E-state index is 11.2. The van der Waals surface area contributed by atoms with E-state index in [1.807, 2.05) is 24.3 Å². The monoisotopic (exact) mass is 188 g/mol. The van der Waals surface area contributed by atoms with Crippen LogP contribution in [0.2, 0.25) is 0 Å². The van der Waals surface area contributed by atoms with E-state index in [0.29, 0.717) is 12.2 Å². The number of allylic oxidation sites excluding steroid dienone is 1. The van der Waals surface area contributed by atoms with Crippen molar-refractivity contribution in [3.63, 3.8) is 0 Å². The second kappa shape index (κ2) is 3.66. The zero-order valence-corrected chi connectivity index (χ0v) is 8.12. The lowest BCUT2D eigenvalue weighted by Gasteiger charge is -1.99. The first-order chi connectivity index (χ1) is 6.83. The molecular formula is C12H12O2. The first-order valence-electron chi connectivity index (χ1n) is 4.78. The smallest absolute Gasteiger partial charge is 0.338 e. The van der Waals surface area contributed by atoms with Gasteiger partial charge in [-0.1, -0.05) is 31.2 Å². The number of benzene rings is 1. The third-order valence-corrected chi connectivity index (χ3v) is 2.31. The van der Waals surface area contributed by atoms with E-state index in [-0.39, 0.29) is 5.97 Å². The molecule has 0 aliphatic carbocycles. The molecule has 0 bridgehead atoms. The van der Waals surface area contributed by atoms with Crippen LogP contribution in [0.3, 0.4) is 0 Å².